The molecule has 0 atom stereocenters. The summed E-state index contributed by atoms with van der Waals surface area (Å²) in [4.78, 5) is 13.4. The van der Waals surface area contributed by atoms with Crippen molar-refractivity contribution in [1.29, 1.82) is 0 Å². The lowest BCUT2D eigenvalue weighted by molar-refractivity contribution is -0.0498. The summed E-state index contributed by atoms with van der Waals surface area (Å²) in [6.45, 7) is -2.40. The van der Waals surface area contributed by atoms with E-state index in [0.717, 1.165) is 4.88 Å². The lowest BCUT2D eigenvalue weighted by Gasteiger charge is -2.09. The second kappa shape index (κ2) is 7.22. The second-order valence-electron chi connectivity index (χ2n) is 4.81. The molecule has 3 aromatic rings. The number of aromatic nitrogens is 2. The normalized spacial score (nSPS) is 10.8. The molecule has 2 heterocycles. The van der Waals surface area contributed by atoms with Gasteiger partial charge in [-0.2, -0.15) is 13.9 Å². The summed E-state index contributed by atoms with van der Waals surface area (Å²) in [7, 11) is 0. The SMILES string of the molecule is O=C(Nc1ccnn1Cc1cccs1)c1cccc(OC(F)F)c1. The highest BCUT2D eigenvalue weighted by molar-refractivity contribution is 7.09. The molecule has 0 spiro atoms. The van der Waals surface area contributed by atoms with Gasteiger partial charge in [-0.05, 0) is 29.6 Å². The number of anilines is 1. The third-order valence-corrected chi connectivity index (χ3v) is 4.03. The monoisotopic (exact) mass is 349 g/mol. The number of benzene rings is 1. The molecular formula is C16H13F2N3O2S. The van der Waals surface area contributed by atoms with Gasteiger partial charge in [0, 0.05) is 16.5 Å². The van der Waals surface area contributed by atoms with Gasteiger partial charge >= 0.3 is 6.61 Å². The molecule has 1 aromatic carbocycles. The summed E-state index contributed by atoms with van der Waals surface area (Å²) in [6.07, 6.45) is 1.58. The van der Waals surface area contributed by atoms with E-state index in [9.17, 15) is 13.6 Å². The summed E-state index contributed by atoms with van der Waals surface area (Å²) in [5.41, 5.74) is 0.219. The van der Waals surface area contributed by atoms with Crippen molar-refractivity contribution < 1.29 is 18.3 Å². The Morgan fingerprint density at radius 3 is 2.92 bits per heavy atom. The van der Waals surface area contributed by atoms with Crippen LogP contribution in [-0.4, -0.2) is 22.3 Å². The van der Waals surface area contributed by atoms with E-state index < -0.39 is 12.5 Å². The Morgan fingerprint density at radius 1 is 1.29 bits per heavy atom. The molecule has 0 saturated heterocycles. The number of amides is 1. The van der Waals surface area contributed by atoms with Crippen molar-refractivity contribution in [3.63, 3.8) is 0 Å². The number of nitrogens with zero attached hydrogens (tertiary/aromatic N) is 2. The second-order valence-corrected chi connectivity index (χ2v) is 5.85. The van der Waals surface area contributed by atoms with Gasteiger partial charge in [-0.15, -0.1) is 11.3 Å². The van der Waals surface area contributed by atoms with E-state index in [4.69, 9.17) is 0 Å². The van der Waals surface area contributed by atoms with E-state index in [0.29, 0.717) is 12.4 Å². The van der Waals surface area contributed by atoms with Crippen molar-refractivity contribution in [2.45, 2.75) is 13.2 Å². The van der Waals surface area contributed by atoms with E-state index in [-0.39, 0.29) is 11.3 Å². The van der Waals surface area contributed by atoms with Crippen molar-refractivity contribution in [3.8, 4) is 5.75 Å². The molecule has 0 fully saturated rings. The fourth-order valence-electron chi connectivity index (χ4n) is 2.12. The van der Waals surface area contributed by atoms with Crippen molar-refractivity contribution in [2.24, 2.45) is 0 Å². The first-order valence-corrected chi connectivity index (χ1v) is 7.90. The van der Waals surface area contributed by atoms with Crippen LogP contribution >= 0.6 is 11.3 Å². The Morgan fingerprint density at radius 2 is 2.17 bits per heavy atom. The topological polar surface area (TPSA) is 56.2 Å². The van der Waals surface area contributed by atoms with Crippen molar-refractivity contribution in [1.82, 2.24) is 9.78 Å². The molecule has 5 nitrogen and oxygen atoms in total. The molecular weight excluding hydrogens is 336 g/mol. The predicted octanol–water partition coefficient (Wildman–Crippen LogP) is 3.85. The fourth-order valence-corrected chi connectivity index (χ4v) is 2.80. The summed E-state index contributed by atoms with van der Waals surface area (Å²) in [6, 6.07) is 11.2. The number of ether oxygens (including phenoxy) is 1. The molecule has 0 radical (unpaired) electrons. The van der Waals surface area contributed by atoms with Crippen LogP contribution in [0.4, 0.5) is 14.6 Å². The van der Waals surface area contributed by atoms with Crippen LogP contribution in [0.25, 0.3) is 0 Å². The molecule has 2 aromatic heterocycles. The quantitative estimate of drug-likeness (QED) is 0.735. The van der Waals surface area contributed by atoms with Gasteiger partial charge in [0.15, 0.2) is 0 Å². The third kappa shape index (κ3) is 3.96. The summed E-state index contributed by atoms with van der Waals surface area (Å²) in [5.74, 6) is 0.0287. The van der Waals surface area contributed by atoms with Gasteiger partial charge in [0.2, 0.25) is 0 Å². The van der Waals surface area contributed by atoms with Crippen LogP contribution in [0.15, 0.2) is 54.0 Å². The average molecular weight is 349 g/mol. The van der Waals surface area contributed by atoms with Crippen LogP contribution in [0.5, 0.6) is 5.75 Å². The van der Waals surface area contributed by atoms with E-state index >= 15 is 0 Å². The van der Waals surface area contributed by atoms with Crippen molar-refractivity contribution >= 4 is 23.1 Å². The van der Waals surface area contributed by atoms with E-state index in [1.165, 1.54) is 24.3 Å². The van der Waals surface area contributed by atoms with Gasteiger partial charge in [-0.3, -0.25) is 4.79 Å². The first-order valence-electron chi connectivity index (χ1n) is 7.02. The van der Waals surface area contributed by atoms with E-state index in [2.05, 4.69) is 15.2 Å². The van der Waals surface area contributed by atoms with Crippen LogP contribution < -0.4 is 10.1 Å². The summed E-state index contributed by atoms with van der Waals surface area (Å²) >= 11 is 1.59. The van der Waals surface area contributed by atoms with E-state index in [1.807, 2.05) is 17.5 Å². The van der Waals surface area contributed by atoms with Crippen LogP contribution in [0, 0.1) is 0 Å². The highest BCUT2D eigenvalue weighted by atomic mass is 32.1. The maximum Gasteiger partial charge on any atom is 0.387 e. The Labute approximate surface area is 140 Å². The fraction of sp³-hybridized carbons (Fsp3) is 0.125. The van der Waals surface area contributed by atoms with Crippen LogP contribution in [0.3, 0.4) is 0 Å². The minimum atomic E-state index is -2.93. The Kier molecular flexibility index (Phi) is 4.85. The summed E-state index contributed by atoms with van der Waals surface area (Å²) < 4.78 is 30.5. The molecule has 3 rings (SSSR count). The number of rotatable bonds is 6. The van der Waals surface area contributed by atoms with Crippen LogP contribution in [0.2, 0.25) is 0 Å². The summed E-state index contributed by atoms with van der Waals surface area (Å²) in [5, 5.41) is 8.87. The molecule has 0 aliphatic heterocycles. The van der Waals surface area contributed by atoms with Gasteiger partial charge in [-0.25, -0.2) is 4.68 Å². The number of hydrogen-bond donors (Lipinski definition) is 1. The van der Waals surface area contributed by atoms with Crippen molar-refractivity contribution in [2.75, 3.05) is 5.32 Å². The predicted molar refractivity (Wildman–Crippen MR) is 86.7 cm³/mol. The van der Waals surface area contributed by atoms with Crippen molar-refractivity contribution in [3.05, 3.63) is 64.5 Å². The molecule has 1 N–H and O–H groups in total. The van der Waals surface area contributed by atoms with Crippen LogP contribution in [0.1, 0.15) is 15.2 Å². The molecule has 24 heavy (non-hydrogen) atoms. The number of carbonyl (C=O) groups excluding carboxylic acids is 1. The molecule has 0 aliphatic carbocycles. The molecule has 124 valence electrons. The molecule has 1 amide bonds. The largest absolute Gasteiger partial charge is 0.435 e. The highest BCUT2D eigenvalue weighted by Gasteiger charge is 2.12. The van der Waals surface area contributed by atoms with Gasteiger partial charge in [0.05, 0.1) is 12.7 Å². The number of alkyl halides is 2. The zero-order valence-corrected chi connectivity index (χ0v) is 13.2. The Balaban J connectivity index is 1.72. The minimum Gasteiger partial charge on any atom is -0.435 e. The number of carbonyl (C=O) groups is 1. The Hall–Kier alpha value is -2.74. The first-order chi connectivity index (χ1) is 11.6. The highest BCUT2D eigenvalue weighted by Crippen LogP contribution is 2.18. The lowest BCUT2D eigenvalue weighted by Crippen LogP contribution is -2.16. The number of halogens is 2. The van der Waals surface area contributed by atoms with Crippen LogP contribution in [-0.2, 0) is 6.54 Å². The smallest absolute Gasteiger partial charge is 0.387 e. The van der Waals surface area contributed by atoms with E-state index in [1.54, 1.807) is 28.3 Å². The molecule has 0 aliphatic rings. The number of hydrogen-bond acceptors (Lipinski definition) is 4. The molecule has 0 unspecified atom stereocenters. The average Bonchev–Trinajstić information content (AvgIpc) is 3.20. The van der Waals surface area contributed by atoms with Gasteiger partial charge in [0.25, 0.3) is 5.91 Å². The molecule has 0 saturated carbocycles. The minimum absolute atomic E-state index is 0.0651. The maximum absolute atomic E-state index is 12.3. The third-order valence-electron chi connectivity index (χ3n) is 3.17. The maximum atomic E-state index is 12.3. The van der Waals surface area contributed by atoms with Gasteiger partial charge in [0.1, 0.15) is 11.6 Å². The number of nitrogens with one attached hydrogen (secondary N) is 1. The molecule has 8 heteroatoms. The Bertz CT molecular complexity index is 818. The zero-order chi connectivity index (χ0) is 16.9. The van der Waals surface area contributed by atoms with Gasteiger partial charge in [-0.1, -0.05) is 12.1 Å². The first kappa shape index (κ1) is 16.1. The van der Waals surface area contributed by atoms with Gasteiger partial charge < -0.3 is 10.1 Å². The molecule has 0 bridgehead atoms. The zero-order valence-electron chi connectivity index (χ0n) is 12.4. The lowest BCUT2D eigenvalue weighted by atomic mass is 10.2. The standard InChI is InChI=1S/C16H13F2N3O2S/c17-16(18)23-12-4-1-3-11(9-12)15(22)20-14-6-7-19-21(14)10-13-5-2-8-24-13/h1-9,16H,10H2,(H,20,22). The number of thiophene rings is 1.